The number of hydrogen-bond acceptors (Lipinski definition) is 3. The van der Waals surface area contributed by atoms with Crippen LogP contribution in [0.1, 0.15) is 55.3 Å². The fourth-order valence-electron chi connectivity index (χ4n) is 4.97. The highest BCUT2D eigenvalue weighted by atomic mass is 35.5. The molecule has 4 rings (SSSR count). The standard InChI is InChI=1S/C30H35ClN2O3S/c1-22-12-16-25(17-13-22)23(2)32-30(34)26-18-14-24(15-19-26)20-33(21-27-8-6-7-11-29(27)31)37(35,36)28-9-4-3-5-10-28/h3-13,16-17,23-24,26H,14-15,18-21H2,1-2H3,(H,32,34)/t23-,24?,26?/m1/s1. The number of carbonyl (C=O) groups is 1. The Bertz CT molecular complexity index is 1290. The van der Waals surface area contributed by atoms with E-state index in [4.69, 9.17) is 11.6 Å². The summed E-state index contributed by atoms with van der Waals surface area (Å²) in [6.45, 7) is 4.67. The quantitative estimate of drug-likeness (QED) is 0.337. The third-order valence-corrected chi connectivity index (χ3v) is 9.50. The van der Waals surface area contributed by atoms with Crippen molar-refractivity contribution in [3.8, 4) is 0 Å². The minimum Gasteiger partial charge on any atom is -0.349 e. The van der Waals surface area contributed by atoms with Crippen LogP contribution in [0.15, 0.2) is 83.8 Å². The Balaban J connectivity index is 1.40. The molecule has 1 fully saturated rings. The second-order valence-electron chi connectivity index (χ2n) is 10.1. The van der Waals surface area contributed by atoms with Crippen LogP contribution in [0.4, 0.5) is 0 Å². The summed E-state index contributed by atoms with van der Waals surface area (Å²) in [4.78, 5) is 13.2. The third-order valence-electron chi connectivity index (χ3n) is 7.30. The minimum absolute atomic E-state index is 0.0482. The number of nitrogens with one attached hydrogen (secondary N) is 1. The highest BCUT2D eigenvalue weighted by molar-refractivity contribution is 7.89. The second kappa shape index (κ2) is 12.2. The zero-order chi connectivity index (χ0) is 26.4. The van der Waals surface area contributed by atoms with Crippen molar-refractivity contribution in [2.45, 2.75) is 57.0 Å². The highest BCUT2D eigenvalue weighted by Crippen LogP contribution is 2.32. The Labute approximate surface area is 225 Å². The zero-order valence-corrected chi connectivity index (χ0v) is 23.0. The van der Waals surface area contributed by atoms with Crippen molar-refractivity contribution >= 4 is 27.5 Å². The van der Waals surface area contributed by atoms with Gasteiger partial charge in [-0.3, -0.25) is 4.79 Å². The highest BCUT2D eigenvalue weighted by Gasteiger charge is 2.32. The lowest BCUT2D eigenvalue weighted by atomic mass is 9.81. The van der Waals surface area contributed by atoms with Crippen LogP contribution in [0.25, 0.3) is 0 Å². The van der Waals surface area contributed by atoms with E-state index in [9.17, 15) is 13.2 Å². The lowest BCUT2D eigenvalue weighted by molar-refractivity contribution is -0.126. The van der Waals surface area contributed by atoms with Crippen molar-refractivity contribution in [2.24, 2.45) is 11.8 Å². The molecule has 0 saturated heterocycles. The number of nitrogens with zero attached hydrogens (tertiary/aromatic N) is 1. The number of halogens is 1. The van der Waals surface area contributed by atoms with Gasteiger partial charge in [-0.2, -0.15) is 4.31 Å². The number of carbonyl (C=O) groups excluding carboxylic acids is 1. The summed E-state index contributed by atoms with van der Waals surface area (Å²) in [5, 5.41) is 3.72. The maximum Gasteiger partial charge on any atom is 0.243 e. The van der Waals surface area contributed by atoms with Gasteiger partial charge < -0.3 is 5.32 Å². The summed E-state index contributed by atoms with van der Waals surface area (Å²) in [5.74, 6) is 0.211. The molecule has 1 aliphatic carbocycles. The molecule has 0 bridgehead atoms. The first-order valence-corrected chi connectivity index (χ1v) is 14.7. The molecule has 0 spiro atoms. The number of aryl methyl sites for hydroxylation is 1. The van der Waals surface area contributed by atoms with Crippen molar-refractivity contribution in [1.29, 1.82) is 0 Å². The lowest BCUT2D eigenvalue weighted by Crippen LogP contribution is -2.39. The van der Waals surface area contributed by atoms with Crippen LogP contribution < -0.4 is 5.32 Å². The van der Waals surface area contributed by atoms with Crippen molar-refractivity contribution < 1.29 is 13.2 Å². The minimum atomic E-state index is -3.70. The van der Waals surface area contributed by atoms with Crippen LogP contribution in [0.2, 0.25) is 5.02 Å². The normalized spacial score (nSPS) is 18.9. The Hall–Kier alpha value is -2.67. The van der Waals surface area contributed by atoms with Gasteiger partial charge in [0, 0.05) is 24.0 Å². The van der Waals surface area contributed by atoms with Gasteiger partial charge in [0.15, 0.2) is 0 Å². The molecule has 3 aromatic carbocycles. The van der Waals surface area contributed by atoms with Crippen LogP contribution in [0, 0.1) is 18.8 Å². The predicted molar refractivity (Wildman–Crippen MR) is 149 cm³/mol. The van der Waals surface area contributed by atoms with Crippen molar-refractivity contribution in [3.63, 3.8) is 0 Å². The molecule has 0 aromatic heterocycles. The Kier molecular flexibility index (Phi) is 9.06. The van der Waals surface area contributed by atoms with Gasteiger partial charge in [0.25, 0.3) is 0 Å². The van der Waals surface area contributed by atoms with E-state index in [1.165, 1.54) is 5.56 Å². The van der Waals surface area contributed by atoms with Gasteiger partial charge in [-0.1, -0.05) is 77.8 Å². The molecule has 1 amide bonds. The van der Waals surface area contributed by atoms with Gasteiger partial charge in [-0.05, 0) is 74.8 Å². The SMILES string of the molecule is Cc1ccc([C@@H](C)NC(=O)C2CCC(CN(Cc3ccccc3Cl)S(=O)(=O)c3ccccc3)CC2)cc1. The molecule has 37 heavy (non-hydrogen) atoms. The topological polar surface area (TPSA) is 66.5 Å². The molecule has 1 N–H and O–H groups in total. The van der Waals surface area contributed by atoms with E-state index < -0.39 is 10.0 Å². The molecule has 3 aromatic rings. The average Bonchev–Trinajstić information content (AvgIpc) is 2.90. The molecule has 1 saturated carbocycles. The number of sulfonamides is 1. The van der Waals surface area contributed by atoms with Gasteiger partial charge in [-0.25, -0.2) is 8.42 Å². The summed E-state index contributed by atoms with van der Waals surface area (Å²) >= 11 is 6.39. The fraction of sp³-hybridized carbons (Fsp3) is 0.367. The van der Waals surface area contributed by atoms with Crippen LogP contribution in [0.5, 0.6) is 0 Å². The van der Waals surface area contributed by atoms with Crippen LogP contribution >= 0.6 is 11.6 Å². The summed E-state index contributed by atoms with van der Waals surface area (Å²) < 4.78 is 28.7. The molecule has 196 valence electrons. The first kappa shape index (κ1) is 27.4. The maximum atomic E-state index is 13.6. The van der Waals surface area contributed by atoms with Gasteiger partial charge in [0.05, 0.1) is 10.9 Å². The van der Waals surface area contributed by atoms with Crippen molar-refractivity contribution in [2.75, 3.05) is 6.54 Å². The monoisotopic (exact) mass is 538 g/mol. The van der Waals surface area contributed by atoms with E-state index in [0.29, 0.717) is 11.6 Å². The van der Waals surface area contributed by atoms with E-state index in [-0.39, 0.29) is 35.2 Å². The van der Waals surface area contributed by atoms with E-state index in [1.54, 1.807) is 34.6 Å². The van der Waals surface area contributed by atoms with Crippen molar-refractivity contribution in [3.05, 3.63) is 101 Å². The number of hydrogen-bond donors (Lipinski definition) is 1. The van der Waals surface area contributed by atoms with Crippen LogP contribution in [0.3, 0.4) is 0 Å². The average molecular weight is 539 g/mol. The first-order valence-electron chi connectivity index (χ1n) is 12.9. The lowest BCUT2D eigenvalue weighted by Gasteiger charge is -2.32. The summed E-state index contributed by atoms with van der Waals surface area (Å²) in [5.41, 5.74) is 3.06. The smallest absolute Gasteiger partial charge is 0.243 e. The van der Waals surface area contributed by atoms with Gasteiger partial charge >= 0.3 is 0 Å². The molecule has 0 heterocycles. The third kappa shape index (κ3) is 7.01. The molecule has 5 nitrogen and oxygen atoms in total. The summed E-state index contributed by atoms with van der Waals surface area (Å²) in [6.07, 6.45) is 3.12. The molecule has 0 radical (unpaired) electrons. The molecule has 1 atom stereocenters. The van der Waals surface area contributed by atoms with E-state index in [2.05, 4.69) is 29.6 Å². The summed E-state index contributed by atoms with van der Waals surface area (Å²) in [6, 6.07) is 24.1. The predicted octanol–water partition coefficient (Wildman–Crippen LogP) is 6.52. The second-order valence-corrected chi connectivity index (χ2v) is 12.4. The maximum absolute atomic E-state index is 13.6. The van der Waals surface area contributed by atoms with Gasteiger partial charge in [-0.15, -0.1) is 0 Å². The van der Waals surface area contributed by atoms with Crippen molar-refractivity contribution in [1.82, 2.24) is 9.62 Å². The molecule has 0 aliphatic heterocycles. The Morgan fingerprint density at radius 2 is 1.57 bits per heavy atom. The molecular weight excluding hydrogens is 504 g/mol. The van der Waals surface area contributed by atoms with E-state index in [0.717, 1.165) is 36.8 Å². The summed E-state index contributed by atoms with van der Waals surface area (Å²) in [7, 11) is -3.70. The van der Waals surface area contributed by atoms with Crippen LogP contribution in [-0.4, -0.2) is 25.2 Å². The van der Waals surface area contributed by atoms with Gasteiger partial charge in [0.2, 0.25) is 15.9 Å². The molecule has 1 aliphatic rings. The molecule has 0 unspecified atom stereocenters. The Morgan fingerprint density at radius 3 is 2.22 bits per heavy atom. The molecular formula is C30H35ClN2O3S. The van der Waals surface area contributed by atoms with Crippen LogP contribution in [-0.2, 0) is 21.4 Å². The van der Waals surface area contributed by atoms with E-state index in [1.807, 2.05) is 38.1 Å². The fourth-order valence-corrected chi connectivity index (χ4v) is 6.68. The molecule has 7 heteroatoms. The first-order chi connectivity index (χ1) is 17.7. The Morgan fingerprint density at radius 1 is 0.946 bits per heavy atom. The van der Waals surface area contributed by atoms with Gasteiger partial charge in [0.1, 0.15) is 0 Å². The zero-order valence-electron chi connectivity index (χ0n) is 21.4. The number of rotatable bonds is 9. The number of amides is 1. The largest absolute Gasteiger partial charge is 0.349 e. The van der Waals surface area contributed by atoms with E-state index >= 15 is 0 Å². The number of benzene rings is 3.